The van der Waals surface area contributed by atoms with E-state index in [4.69, 9.17) is 5.73 Å². The number of hydrogen-bond acceptors (Lipinski definition) is 5. The second-order valence-corrected chi connectivity index (χ2v) is 8.91. The Bertz CT molecular complexity index is 784. The van der Waals surface area contributed by atoms with Gasteiger partial charge in [-0.1, -0.05) is 6.42 Å². The zero-order valence-electron chi connectivity index (χ0n) is 14.3. The number of nitrogens with two attached hydrogens (primary N) is 1. The van der Waals surface area contributed by atoms with Gasteiger partial charge >= 0.3 is 0 Å². The average molecular weight is 390 g/mol. The molecule has 2 aliphatic rings. The van der Waals surface area contributed by atoms with Gasteiger partial charge in [-0.25, -0.2) is 8.42 Å². The van der Waals surface area contributed by atoms with Crippen molar-refractivity contribution in [3.63, 3.8) is 0 Å². The third-order valence-corrected chi connectivity index (χ3v) is 7.37. The number of hydrogen-bond donors (Lipinski definition) is 1. The molecule has 0 bridgehead atoms. The molecule has 25 heavy (non-hydrogen) atoms. The molecular formula is C16H24ClN3O4S. The van der Waals surface area contributed by atoms with Gasteiger partial charge in [0, 0.05) is 25.2 Å². The highest BCUT2D eigenvalue weighted by Gasteiger charge is 2.44. The summed E-state index contributed by atoms with van der Waals surface area (Å²) >= 11 is 0. The van der Waals surface area contributed by atoms with Gasteiger partial charge in [-0.15, -0.1) is 12.4 Å². The molecule has 9 heteroatoms. The van der Waals surface area contributed by atoms with E-state index in [1.54, 1.807) is 13.8 Å². The van der Waals surface area contributed by atoms with Crippen molar-refractivity contribution >= 4 is 28.1 Å². The molecule has 3 atom stereocenters. The number of rotatable bonds is 3. The van der Waals surface area contributed by atoms with Gasteiger partial charge in [0.15, 0.2) is 4.90 Å². The Morgan fingerprint density at radius 3 is 2.44 bits per heavy atom. The van der Waals surface area contributed by atoms with E-state index >= 15 is 0 Å². The van der Waals surface area contributed by atoms with E-state index in [0.717, 1.165) is 24.8 Å². The second kappa shape index (κ2) is 7.19. The van der Waals surface area contributed by atoms with Crippen LogP contribution in [0.4, 0.5) is 5.69 Å². The number of benzene rings is 1. The van der Waals surface area contributed by atoms with E-state index in [2.05, 4.69) is 0 Å². The van der Waals surface area contributed by atoms with Gasteiger partial charge in [0.25, 0.3) is 5.69 Å². The number of aryl methyl sites for hydroxylation is 2. The highest BCUT2D eigenvalue weighted by Crippen LogP contribution is 2.39. The molecule has 1 aliphatic heterocycles. The highest BCUT2D eigenvalue weighted by atomic mass is 35.5. The fourth-order valence-electron chi connectivity index (χ4n) is 3.93. The molecule has 1 saturated carbocycles. The lowest BCUT2D eigenvalue weighted by Gasteiger charge is -2.29. The Morgan fingerprint density at radius 1 is 1.20 bits per heavy atom. The van der Waals surface area contributed by atoms with Gasteiger partial charge in [0.2, 0.25) is 10.0 Å². The average Bonchev–Trinajstić information content (AvgIpc) is 2.95. The maximum absolute atomic E-state index is 13.1. The smallest absolute Gasteiger partial charge is 0.289 e. The fourth-order valence-corrected chi connectivity index (χ4v) is 5.69. The van der Waals surface area contributed by atoms with E-state index in [-0.39, 0.29) is 40.9 Å². The summed E-state index contributed by atoms with van der Waals surface area (Å²) in [4.78, 5) is 10.5. The lowest BCUT2D eigenvalue weighted by atomic mass is 9.78. The Labute approximate surface area is 154 Å². The van der Waals surface area contributed by atoms with Crippen LogP contribution >= 0.6 is 12.4 Å². The van der Waals surface area contributed by atoms with Crippen LogP contribution in [0.15, 0.2) is 17.0 Å². The summed E-state index contributed by atoms with van der Waals surface area (Å²) in [6, 6.07) is 2.78. The molecule has 2 N–H and O–H groups in total. The molecule has 3 unspecified atom stereocenters. The number of halogens is 1. The number of sulfonamides is 1. The minimum atomic E-state index is -3.90. The first kappa shape index (κ1) is 20.1. The van der Waals surface area contributed by atoms with E-state index in [0.29, 0.717) is 18.7 Å². The van der Waals surface area contributed by atoms with E-state index in [1.165, 1.54) is 16.4 Å². The van der Waals surface area contributed by atoms with E-state index in [1.807, 2.05) is 0 Å². The number of nitro benzene ring substituents is 1. The van der Waals surface area contributed by atoms with Crippen molar-refractivity contribution in [2.24, 2.45) is 17.6 Å². The molecule has 0 amide bonds. The Morgan fingerprint density at radius 2 is 1.84 bits per heavy atom. The summed E-state index contributed by atoms with van der Waals surface area (Å²) < 4.78 is 27.5. The zero-order valence-corrected chi connectivity index (χ0v) is 16.0. The van der Waals surface area contributed by atoms with Crippen LogP contribution < -0.4 is 5.73 Å². The van der Waals surface area contributed by atoms with Crippen molar-refractivity contribution in [1.82, 2.24) is 4.31 Å². The van der Waals surface area contributed by atoms with Crippen molar-refractivity contribution < 1.29 is 13.3 Å². The molecule has 3 rings (SSSR count). The summed E-state index contributed by atoms with van der Waals surface area (Å²) in [6.45, 7) is 4.27. The van der Waals surface area contributed by atoms with Crippen LogP contribution in [0.2, 0.25) is 0 Å². The summed E-state index contributed by atoms with van der Waals surface area (Å²) in [7, 11) is -3.90. The first-order valence-electron chi connectivity index (χ1n) is 8.23. The predicted molar refractivity (Wildman–Crippen MR) is 97.4 cm³/mol. The quantitative estimate of drug-likeness (QED) is 0.630. The summed E-state index contributed by atoms with van der Waals surface area (Å²) in [6.07, 6.45) is 2.90. The summed E-state index contributed by atoms with van der Waals surface area (Å²) in [5.74, 6) is 0.410. The molecule has 1 aromatic rings. The summed E-state index contributed by atoms with van der Waals surface area (Å²) in [5.41, 5.74) is 7.24. The molecule has 1 aliphatic carbocycles. The van der Waals surface area contributed by atoms with Gasteiger partial charge in [0.1, 0.15) is 0 Å². The Hall–Kier alpha value is -1.22. The second-order valence-electron chi connectivity index (χ2n) is 7.00. The van der Waals surface area contributed by atoms with Crippen LogP contribution in [0.3, 0.4) is 0 Å². The fraction of sp³-hybridized carbons (Fsp3) is 0.625. The van der Waals surface area contributed by atoms with Crippen LogP contribution in [0.1, 0.15) is 30.4 Å². The molecule has 1 saturated heterocycles. The van der Waals surface area contributed by atoms with Crippen molar-refractivity contribution in [2.75, 3.05) is 13.1 Å². The van der Waals surface area contributed by atoms with Crippen molar-refractivity contribution in [3.8, 4) is 0 Å². The zero-order chi connectivity index (χ0) is 17.6. The molecule has 1 aromatic carbocycles. The van der Waals surface area contributed by atoms with Crippen LogP contribution in [-0.4, -0.2) is 36.8 Å². The largest absolute Gasteiger partial charge is 0.327 e. The minimum Gasteiger partial charge on any atom is -0.327 e. The SMILES string of the molecule is Cc1cc([N+](=O)[O-])c(S(=O)(=O)N2CC3CCCC(N)C3C2)cc1C.Cl. The van der Waals surface area contributed by atoms with E-state index in [9.17, 15) is 18.5 Å². The van der Waals surface area contributed by atoms with Gasteiger partial charge < -0.3 is 5.73 Å². The highest BCUT2D eigenvalue weighted by molar-refractivity contribution is 7.89. The van der Waals surface area contributed by atoms with Crippen molar-refractivity contribution in [1.29, 1.82) is 0 Å². The normalized spacial score (nSPS) is 26.8. The molecule has 0 spiro atoms. The van der Waals surface area contributed by atoms with Crippen LogP contribution in [-0.2, 0) is 10.0 Å². The van der Waals surface area contributed by atoms with Gasteiger partial charge in [0.05, 0.1) is 4.92 Å². The molecule has 140 valence electrons. The van der Waals surface area contributed by atoms with Crippen LogP contribution in [0.5, 0.6) is 0 Å². The topological polar surface area (TPSA) is 107 Å². The van der Waals surface area contributed by atoms with Crippen molar-refractivity contribution in [2.45, 2.75) is 44.0 Å². The first-order chi connectivity index (χ1) is 11.2. The predicted octanol–water partition coefficient (Wildman–Crippen LogP) is 2.38. The standard InChI is InChI=1S/C16H23N3O4S.ClH/c1-10-6-15(19(20)21)16(7-11(10)2)24(22,23)18-8-12-4-3-5-14(17)13(12)9-18;/h6-7,12-14H,3-5,8-9,17H2,1-2H3;1H. The third-order valence-electron chi connectivity index (χ3n) is 5.51. The Balaban J connectivity index is 0.00000225. The molecular weight excluding hydrogens is 366 g/mol. The molecule has 7 nitrogen and oxygen atoms in total. The lowest BCUT2D eigenvalue weighted by Crippen LogP contribution is -2.38. The minimum absolute atomic E-state index is 0. The van der Waals surface area contributed by atoms with E-state index < -0.39 is 14.9 Å². The van der Waals surface area contributed by atoms with Gasteiger partial charge in [-0.3, -0.25) is 10.1 Å². The maximum atomic E-state index is 13.1. The van der Waals surface area contributed by atoms with Crippen LogP contribution in [0.25, 0.3) is 0 Å². The maximum Gasteiger partial charge on any atom is 0.289 e. The first-order valence-corrected chi connectivity index (χ1v) is 9.67. The molecule has 0 aromatic heterocycles. The molecule has 1 heterocycles. The molecule has 2 fully saturated rings. The van der Waals surface area contributed by atoms with Gasteiger partial charge in [-0.2, -0.15) is 4.31 Å². The summed E-state index contributed by atoms with van der Waals surface area (Å²) in [5, 5.41) is 11.4. The number of nitrogens with zero attached hydrogens (tertiary/aromatic N) is 2. The van der Waals surface area contributed by atoms with Crippen molar-refractivity contribution in [3.05, 3.63) is 33.4 Å². The number of fused-ring (bicyclic) bond motifs is 1. The van der Waals surface area contributed by atoms with Gasteiger partial charge in [-0.05, 0) is 55.7 Å². The number of nitro groups is 1. The third kappa shape index (κ3) is 3.53. The van der Waals surface area contributed by atoms with Crippen LogP contribution in [0, 0.1) is 35.8 Å². The Kier molecular flexibility index (Phi) is 5.78. The lowest BCUT2D eigenvalue weighted by molar-refractivity contribution is -0.387. The molecule has 0 radical (unpaired) electrons. The monoisotopic (exact) mass is 389 g/mol.